The number of hydrogen-bond acceptors (Lipinski definition) is 4. The molecule has 1 heterocycles. The molecule has 1 saturated heterocycles. The van der Waals surface area contributed by atoms with Gasteiger partial charge in [0.2, 0.25) is 15.9 Å². The molecule has 1 N–H and O–H groups in total. The molecule has 0 unspecified atom stereocenters. The van der Waals surface area contributed by atoms with Crippen LogP contribution >= 0.6 is 0 Å². The fourth-order valence-corrected chi connectivity index (χ4v) is 5.73. The third-order valence-corrected chi connectivity index (χ3v) is 8.23. The van der Waals surface area contributed by atoms with E-state index in [2.05, 4.69) is 5.32 Å². The largest absolute Gasteiger partial charge is 0.376 e. The highest BCUT2D eigenvalue weighted by molar-refractivity contribution is 7.89. The molecule has 1 aliphatic carbocycles. The van der Waals surface area contributed by atoms with Crippen LogP contribution < -0.4 is 5.32 Å². The van der Waals surface area contributed by atoms with Gasteiger partial charge in [-0.05, 0) is 73.6 Å². The molecule has 7 heteroatoms. The van der Waals surface area contributed by atoms with Crippen molar-refractivity contribution >= 4 is 21.6 Å². The van der Waals surface area contributed by atoms with Gasteiger partial charge in [-0.25, -0.2) is 8.42 Å². The van der Waals surface area contributed by atoms with E-state index < -0.39 is 10.0 Å². The van der Waals surface area contributed by atoms with Crippen LogP contribution in [0, 0.1) is 13.8 Å². The second-order valence-electron chi connectivity index (χ2n) is 8.17. The maximum atomic E-state index is 13.1. The first kappa shape index (κ1) is 20.9. The standard InChI is InChI=1S/C23H29N3O3S/c1-17-5-3-8-22(18(17)2)24-16-23(27)25-11-13-26(14-12-25)30(28,29)21-10-9-19-6-4-7-20(19)15-21/h3,5,8-10,15,24H,4,6-7,11-14,16H2,1-2H3. The van der Waals surface area contributed by atoms with Gasteiger partial charge in [0.25, 0.3) is 0 Å². The fraction of sp³-hybridized carbons (Fsp3) is 0.435. The van der Waals surface area contributed by atoms with Gasteiger partial charge in [-0.2, -0.15) is 4.31 Å². The summed E-state index contributed by atoms with van der Waals surface area (Å²) in [6.45, 7) is 5.77. The number of carbonyl (C=O) groups excluding carboxylic acids is 1. The molecule has 0 radical (unpaired) electrons. The number of aryl methyl sites for hydroxylation is 3. The van der Waals surface area contributed by atoms with Crippen molar-refractivity contribution in [3.05, 3.63) is 58.7 Å². The number of fused-ring (bicyclic) bond motifs is 1. The van der Waals surface area contributed by atoms with E-state index in [1.807, 2.05) is 44.2 Å². The molecule has 1 fully saturated rings. The Morgan fingerprint density at radius 3 is 2.50 bits per heavy atom. The summed E-state index contributed by atoms with van der Waals surface area (Å²) in [6.07, 6.45) is 3.08. The van der Waals surface area contributed by atoms with Crippen LogP contribution in [-0.2, 0) is 27.7 Å². The molecule has 4 rings (SSSR count). The van der Waals surface area contributed by atoms with Crippen LogP contribution in [-0.4, -0.2) is 56.3 Å². The van der Waals surface area contributed by atoms with E-state index in [1.165, 1.54) is 15.4 Å². The fourth-order valence-electron chi connectivity index (χ4n) is 4.26. The molecule has 160 valence electrons. The van der Waals surface area contributed by atoms with E-state index >= 15 is 0 Å². The zero-order chi connectivity index (χ0) is 21.3. The second kappa shape index (κ2) is 8.40. The van der Waals surface area contributed by atoms with Gasteiger partial charge in [0.15, 0.2) is 0 Å². The van der Waals surface area contributed by atoms with E-state index in [0.29, 0.717) is 31.1 Å². The highest BCUT2D eigenvalue weighted by Gasteiger charge is 2.30. The average Bonchev–Trinajstić information content (AvgIpc) is 3.22. The number of sulfonamides is 1. The van der Waals surface area contributed by atoms with E-state index in [9.17, 15) is 13.2 Å². The normalized spacial score (nSPS) is 17.1. The van der Waals surface area contributed by atoms with Crippen molar-refractivity contribution in [1.29, 1.82) is 0 Å². The molecule has 2 aliphatic rings. The van der Waals surface area contributed by atoms with Crippen molar-refractivity contribution in [1.82, 2.24) is 9.21 Å². The molecule has 1 aliphatic heterocycles. The first-order valence-corrected chi connectivity index (χ1v) is 12.0. The van der Waals surface area contributed by atoms with Crippen molar-refractivity contribution in [2.24, 2.45) is 0 Å². The minimum Gasteiger partial charge on any atom is -0.376 e. The third kappa shape index (κ3) is 4.09. The molecule has 0 atom stereocenters. The summed E-state index contributed by atoms with van der Waals surface area (Å²) in [5.41, 5.74) is 5.69. The lowest BCUT2D eigenvalue weighted by Gasteiger charge is -2.34. The van der Waals surface area contributed by atoms with Crippen LogP contribution in [0.5, 0.6) is 0 Å². The number of nitrogens with zero attached hydrogens (tertiary/aromatic N) is 2. The van der Waals surface area contributed by atoms with Gasteiger partial charge >= 0.3 is 0 Å². The molecule has 2 aromatic rings. The van der Waals surface area contributed by atoms with Crippen LogP contribution in [0.25, 0.3) is 0 Å². The Morgan fingerprint density at radius 1 is 1.00 bits per heavy atom. The molecule has 30 heavy (non-hydrogen) atoms. The Kier molecular flexibility index (Phi) is 5.84. The van der Waals surface area contributed by atoms with Gasteiger partial charge in [0.05, 0.1) is 11.4 Å². The third-order valence-electron chi connectivity index (χ3n) is 6.33. The van der Waals surface area contributed by atoms with Crippen molar-refractivity contribution in [2.75, 3.05) is 38.0 Å². The van der Waals surface area contributed by atoms with Crippen LogP contribution in [0.4, 0.5) is 5.69 Å². The maximum Gasteiger partial charge on any atom is 0.243 e. The van der Waals surface area contributed by atoms with E-state index in [-0.39, 0.29) is 12.5 Å². The lowest BCUT2D eigenvalue weighted by molar-refractivity contribution is -0.130. The number of amides is 1. The SMILES string of the molecule is Cc1cccc(NCC(=O)N2CCN(S(=O)(=O)c3ccc4c(c3)CCC4)CC2)c1C. The number of nitrogens with one attached hydrogen (secondary N) is 1. The Labute approximate surface area is 178 Å². The van der Waals surface area contributed by atoms with Crippen molar-refractivity contribution < 1.29 is 13.2 Å². The molecule has 0 saturated carbocycles. The van der Waals surface area contributed by atoms with Crippen LogP contribution in [0.1, 0.15) is 28.7 Å². The molecule has 1 amide bonds. The quantitative estimate of drug-likeness (QED) is 0.797. The molecule has 0 aromatic heterocycles. The zero-order valence-corrected chi connectivity index (χ0v) is 18.5. The lowest BCUT2D eigenvalue weighted by Crippen LogP contribution is -2.51. The minimum atomic E-state index is -3.52. The molecular weight excluding hydrogens is 398 g/mol. The smallest absolute Gasteiger partial charge is 0.243 e. The van der Waals surface area contributed by atoms with Gasteiger partial charge in [-0.1, -0.05) is 18.2 Å². The van der Waals surface area contributed by atoms with Crippen molar-refractivity contribution in [3.63, 3.8) is 0 Å². The Bertz CT molecular complexity index is 1060. The van der Waals surface area contributed by atoms with Crippen molar-refractivity contribution in [3.8, 4) is 0 Å². The van der Waals surface area contributed by atoms with Crippen molar-refractivity contribution in [2.45, 2.75) is 38.0 Å². The predicted octanol–water partition coefficient (Wildman–Crippen LogP) is 2.74. The summed E-state index contributed by atoms with van der Waals surface area (Å²) in [5.74, 6) is -0.00881. The zero-order valence-electron chi connectivity index (χ0n) is 17.6. The number of anilines is 1. The van der Waals surface area contributed by atoms with E-state index in [0.717, 1.165) is 36.1 Å². The van der Waals surface area contributed by atoms with Crippen LogP contribution in [0.15, 0.2) is 41.3 Å². The minimum absolute atomic E-state index is 0.00881. The monoisotopic (exact) mass is 427 g/mol. The lowest BCUT2D eigenvalue weighted by atomic mass is 10.1. The highest BCUT2D eigenvalue weighted by atomic mass is 32.2. The number of hydrogen-bond donors (Lipinski definition) is 1. The topological polar surface area (TPSA) is 69.7 Å². The predicted molar refractivity (Wildman–Crippen MR) is 118 cm³/mol. The van der Waals surface area contributed by atoms with E-state index in [1.54, 1.807) is 11.0 Å². The van der Waals surface area contributed by atoms with E-state index in [4.69, 9.17) is 0 Å². The first-order valence-electron chi connectivity index (χ1n) is 10.6. The van der Waals surface area contributed by atoms with Gasteiger partial charge in [-0.3, -0.25) is 4.79 Å². The molecular formula is C23H29N3O3S. The first-order chi connectivity index (χ1) is 14.4. The summed E-state index contributed by atoms with van der Waals surface area (Å²) in [5, 5.41) is 3.22. The summed E-state index contributed by atoms with van der Waals surface area (Å²) in [6, 6.07) is 11.5. The number of rotatable bonds is 5. The number of carbonyl (C=O) groups is 1. The van der Waals surface area contributed by atoms with Gasteiger partial charge < -0.3 is 10.2 Å². The molecule has 6 nitrogen and oxygen atoms in total. The Hall–Kier alpha value is -2.38. The van der Waals surface area contributed by atoms with Gasteiger partial charge in [0, 0.05) is 31.9 Å². The Balaban J connectivity index is 1.35. The van der Waals surface area contributed by atoms with Gasteiger partial charge in [-0.15, -0.1) is 0 Å². The van der Waals surface area contributed by atoms with Crippen LogP contribution in [0.2, 0.25) is 0 Å². The van der Waals surface area contributed by atoms with Crippen LogP contribution in [0.3, 0.4) is 0 Å². The Morgan fingerprint density at radius 2 is 1.73 bits per heavy atom. The maximum absolute atomic E-state index is 13.1. The number of piperazine rings is 1. The van der Waals surface area contributed by atoms with Gasteiger partial charge in [0.1, 0.15) is 0 Å². The summed E-state index contributed by atoms with van der Waals surface area (Å²) in [4.78, 5) is 14.7. The molecule has 0 spiro atoms. The second-order valence-corrected chi connectivity index (χ2v) is 10.1. The summed E-state index contributed by atoms with van der Waals surface area (Å²) >= 11 is 0. The summed E-state index contributed by atoms with van der Waals surface area (Å²) < 4.78 is 27.6. The number of benzene rings is 2. The average molecular weight is 428 g/mol. The highest BCUT2D eigenvalue weighted by Crippen LogP contribution is 2.27. The molecule has 0 bridgehead atoms. The summed E-state index contributed by atoms with van der Waals surface area (Å²) in [7, 11) is -3.52. The molecule has 2 aromatic carbocycles.